The van der Waals surface area contributed by atoms with Crippen molar-refractivity contribution in [1.29, 1.82) is 0 Å². The van der Waals surface area contributed by atoms with Crippen LogP contribution in [0.4, 0.5) is 0 Å². The number of nitrogens with zero attached hydrogens (tertiary/aromatic N) is 1. The first-order chi connectivity index (χ1) is 7.98. The molecule has 1 aliphatic heterocycles. The van der Waals surface area contributed by atoms with E-state index in [2.05, 4.69) is 62.9 Å². The topological polar surface area (TPSA) is 3.24 Å². The highest BCUT2D eigenvalue weighted by Crippen LogP contribution is 2.34. The van der Waals surface area contributed by atoms with Gasteiger partial charge in [0.15, 0.2) is 0 Å². The molecule has 0 N–H and O–H groups in total. The molecule has 0 radical (unpaired) electrons. The number of likely N-dealkylation sites (tertiary alicyclic amines) is 1. The van der Waals surface area contributed by atoms with Gasteiger partial charge in [-0.2, -0.15) is 0 Å². The molecule has 0 bridgehead atoms. The maximum Gasteiger partial charge on any atom is 0.0125 e. The van der Waals surface area contributed by atoms with Crippen LogP contribution in [-0.2, 0) is 0 Å². The molecule has 1 fully saturated rings. The van der Waals surface area contributed by atoms with E-state index in [0.717, 1.165) is 11.8 Å². The Morgan fingerprint density at radius 2 is 1.76 bits per heavy atom. The molecule has 1 aromatic rings. The molecule has 1 heteroatoms. The van der Waals surface area contributed by atoms with Gasteiger partial charge in [-0.05, 0) is 51.1 Å². The second-order valence-corrected chi connectivity index (χ2v) is 6.40. The summed E-state index contributed by atoms with van der Waals surface area (Å²) in [5.74, 6) is 1.50. The molecular weight excluding hydrogens is 206 g/mol. The van der Waals surface area contributed by atoms with Crippen molar-refractivity contribution in [2.75, 3.05) is 13.1 Å². The summed E-state index contributed by atoms with van der Waals surface area (Å²) in [6.45, 7) is 11.8. The van der Waals surface area contributed by atoms with Crippen LogP contribution in [0, 0.1) is 5.92 Å². The first-order valence-electron chi connectivity index (χ1n) is 6.78. The van der Waals surface area contributed by atoms with Crippen LogP contribution < -0.4 is 0 Å². The van der Waals surface area contributed by atoms with Crippen molar-refractivity contribution in [1.82, 2.24) is 4.90 Å². The van der Waals surface area contributed by atoms with Crippen molar-refractivity contribution in [2.24, 2.45) is 5.92 Å². The average Bonchev–Trinajstić information content (AvgIpc) is 2.29. The zero-order valence-corrected chi connectivity index (χ0v) is 11.6. The maximum atomic E-state index is 2.62. The Morgan fingerprint density at radius 3 is 2.29 bits per heavy atom. The highest BCUT2D eigenvalue weighted by molar-refractivity contribution is 5.21. The number of benzene rings is 1. The molecule has 1 aromatic carbocycles. The minimum absolute atomic E-state index is 0.315. The number of hydrogen-bond donors (Lipinski definition) is 0. The van der Waals surface area contributed by atoms with Gasteiger partial charge in [-0.3, -0.25) is 4.90 Å². The predicted octanol–water partition coefficient (Wildman–Crippen LogP) is 3.91. The van der Waals surface area contributed by atoms with Crippen molar-refractivity contribution < 1.29 is 0 Å². The van der Waals surface area contributed by atoms with Gasteiger partial charge < -0.3 is 0 Å². The Kier molecular flexibility index (Phi) is 3.58. The fraction of sp³-hybridized carbons (Fsp3) is 0.625. The van der Waals surface area contributed by atoms with Crippen LogP contribution in [0.25, 0.3) is 0 Å². The number of piperidine rings is 1. The lowest BCUT2D eigenvalue weighted by atomic mass is 9.80. The van der Waals surface area contributed by atoms with Crippen molar-refractivity contribution in [3.8, 4) is 0 Å². The van der Waals surface area contributed by atoms with E-state index in [0.29, 0.717) is 5.54 Å². The third kappa shape index (κ3) is 2.90. The Bertz CT molecular complexity index is 350. The molecule has 0 aliphatic carbocycles. The van der Waals surface area contributed by atoms with E-state index in [4.69, 9.17) is 0 Å². The molecule has 94 valence electrons. The Hall–Kier alpha value is -0.820. The zero-order valence-electron chi connectivity index (χ0n) is 11.6. The first-order valence-corrected chi connectivity index (χ1v) is 6.78. The average molecular weight is 231 g/mol. The molecular formula is C16H25N. The molecule has 0 unspecified atom stereocenters. The fourth-order valence-electron chi connectivity index (χ4n) is 2.95. The second kappa shape index (κ2) is 4.81. The van der Waals surface area contributed by atoms with Crippen LogP contribution in [0.2, 0.25) is 0 Å². The summed E-state index contributed by atoms with van der Waals surface area (Å²) in [5, 5.41) is 0. The summed E-state index contributed by atoms with van der Waals surface area (Å²) < 4.78 is 0. The summed E-state index contributed by atoms with van der Waals surface area (Å²) in [4.78, 5) is 2.62. The Morgan fingerprint density at radius 1 is 1.12 bits per heavy atom. The fourth-order valence-corrected chi connectivity index (χ4v) is 2.95. The number of hydrogen-bond acceptors (Lipinski definition) is 1. The molecule has 1 nitrogen and oxygen atoms in total. The smallest absolute Gasteiger partial charge is 0.0125 e. The summed E-state index contributed by atoms with van der Waals surface area (Å²) in [6, 6.07) is 11.0. The van der Waals surface area contributed by atoms with Crippen LogP contribution in [-0.4, -0.2) is 23.5 Å². The van der Waals surface area contributed by atoms with Gasteiger partial charge in [0, 0.05) is 12.1 Å². The predicted molar refractivity (Wildman–Crippen MR) is 74.3 cm³/mol. The zero-order chi connectivity index (χ0) is 12.5. The van der Waals surface area contributed by atoms with Crippen LogP contribution in [0.1, 0.15) is 45.6 Å². The molecule has 0 saturated carbocycles. The monoisotopic (exact) mass is 231 g/mol. The quantitative estimate of drug-likeness (QED) is 0.708. The Balaban J connectivity index is 2.07. The summed E-state index contributed by atoms with van der Waals surface area (Å²) >= 11 is 0. The third-order valence-electron chi connectivity index (χ3n) is 4.08. The van der Waals surface area contributed by atoms with Gasteiger partial charge in [0.05, 0.1) is 0 Å². The Labute approximate surface area is 106 Å². The van der Waals surface area contributed by atoms with Gasteiger partial charge in [0.2, 0.25) is 0 Å². The van der Waals surface area contributed by atoms with Crippen LogP contribution >= 0.6 is 0 Å². The molecule has 1 aliphatic rings. The van der Waals surface area contributed by atoms with E-state index in [1.165, 1.54) is 25.1 Å². The van der Waals surface area contributed by atoms with Crippen molar-refractivity contribution in [3.63, 3.8) is 0 Å². The van der Waals surface area contributed by atoms with E-state index in [9.17, 15) is 0 Å². The SMILES string of the molecule is C[C@@H]1CN(C(C)(C)C)CC[C@H]1c1ccccc1. The summed E-state index contributed by atoms with van der Waals surface area (Å²) in [5.41, 5.74) is 1.84. The van der Waals surface area contributed by atoms with E-state index in [1.54, 1.807) is 0 Å². The summed E-state index contributed by atoms with van der Waals surface area (Å²) in [7, 11) is 0. The molecule has 0 amide bonds. The molecule has 1 saturated heterocycles. The van der Waals surface area contributed by atoms with E-state index in [-0.39, 0.29) is 0 Å². The highest BCUT2D eigenvalue weighted by atomic mass is 15.2. The van der Waals surface area contributed by atoms with Gasteiger partial charge in [-0.15, -0.1) is 0 Å². The second-order valence-electron chi connectivity index (χ2n) is 6.40. The lowest BCUT2D eigenvalue weighted by Gasteiger charge is -2.44. The van der Waals surface area contributed by atoms with Gasteiger partial charge in [0.1, 0.15) is 0 Å². The normalized spacial score (nSPS) is 27.1. The third-order valence-corrected chi connectivity index (χ3v) is 4.08. The van der Waals surface area contributed by atoms with Gasteiger partial charge in [-0.25, -0.2) is 0 Å². The first kappa shape index (κ1) is 12.6. The van der Waals surface area contributed by atoms with Crippen molar-refractivity contribution >= 4 is 0 Å². The van der Waals surface area contributed by atoms with E-state index >= 15 is 0 Å². The minimum Gasteiger partial charge on any atom is -0.298 e. The molecule has 1 heterocycles. The van der Waals surface area contributed by atoms with E-state index < -0.39 is 0 Å². The molecule has 2 atom stereocenters. The maximum absolute atomic E-state index is 2.62. The van der Waals surface area contributed by atoms with E-state index in [1.807, 2.05) is 0 Å². The highest BCUT2D eigenvalue weighted by Gasteiger charge is 2.31. The number of rotatable bonds is 1. The van der Waals surface area contributed by atoms with Crippen molar-refractivity contribution in [3.05, 3.63) is 35.9 Å². The van der Waals surface area contributed by atoms with Gasteiger partial charge >= 0.3 is 0 Å². The van der Waals surface area contributed by atoms with Crippen LogP contribution in [0.3, 0.4) is 0 Å². The molecule has 2 rings (SSSR count). The largest absolute Gasteiger partial charge is 0.298 e. The lowest BCUT2D eigenvalue weighted by Crippen LogP contribution is -2.48. The van der Waals surface area contributed by atoms with Crippen LogP contribution in [0.15, 0.2) is 30.3 Å². The van der Waals surface area contributed by atoms with Crippen LogP contribution in [0.5, 0.6) is 0 Å². The van der Waals surface area contributed by atoms with Gasteiger partial charge in [-0.1, -0.05) is 37.3 Å². The molecule has 0 aromatic heterocycles. The van der Waals surface area contributed by atoms with Gasteiger partial charge in [0.25, 0.3) is 0 Å². The summed E-state index contributed by atoms with van der Waals surface area (Å²) in [6.07, 6.45) is 1.29. The standard InChI is InChI=1S/C16H25N/c1-13-12-17(16(2,3)4)11-10-15(13)14-8-6-5-7-9-14/h5-9,13,15H,10-12H2,1-4H3/t13-,15-/m1/s1. The lowest BCUT2D eigenvalue weighted by molar-refractivity contribution is 0.0727. The van der Waals surface area contributed by atoms with Crippen molar-refractivity contribution in [2.45, 2.75) is 45.6 Å². The minimum atomic E-state index is 0.315. The molecule has 0 spiro atoms. The molecule has 17 heavy (non-hydrogen) atoms.